The molecule has 0 fully saturated rings. The van der Waals surface area contributed by atoms with Crippen LogP contribution in [0.25, 0.3) is 0 Å². The monoisotopic (exact) mass is 251 g/mol. The molecule has 0 aromatic heterocycles. The third-order valence-electron chi connectivity index (χ3n) is 2.33. The van der Waals surface area contributed by atoms with Crippen molar-refractivity contribution in [3.05, 3.63) is 0 Å². The average molecular weight is 252 g/mol. The van der Waals surface area contributed by atoms with Crippen molar-refractivity contribution in [3.8, 4) is 0 Å². The van der Waals surface area contributed by atoms with Gasteiger partial charge in [0.25, 0.3) is 0 Å². The molecule has 1 amide bonds. The zero-order valence-corrected chi connectivity index (χ0v) is 10.4. The second-order valence-electron chi connectivity index (χ2n) is 4.29. The molecule has 2 N–H and O–H groups in total. The number of carbonyl (C=O) groups excluding carboxylic acids is 1. The molecular weight excluding hydrogens is 234 g/mol. The largest absolute Gasteiger partial charge is 0.388 e. The van der Waals surface area contributed by atoms with E-state index in [0.29, 0.717) is 0 Å². The topological polar surface area (TPSA) is 49.3 Å². The van der Waals surface area contributed by atoms with Crippen molar-refractivity contribution in [1.29, 1.82) is 0 Å². The molecule has 0 saturated heterocycles. The highest BCUT2D eigenvalue weighted by molar-refractivity contribution is 9.10. The van der Waals surface area contributed by atoms with E-state index in [9.17, 15) is 9.90 Å². The maximum atomic E-state index is 11.3. The molecular formula is C9H18BrNO2. The van der Waals surface area contributed by atoms with Crippen molar-refractivity contribution in [1.82, 2.24) is 5.32 Å². The molecule has 0 bridgehead atoms. The van der Waals surface area contributed by atoms with Gasteiger partial charge in [-0.1, -0.05) is 15.9 Å². The summed E-state index contributed by atoms with van der Waals surface area (Å²) in [5.74, 6) is -0.118. The van der Waals surface area contributed by atoms with E-state index in [1.54, 1.807) is 34.6 Å². The van der Waals surface area contributed by atoms with Crippen LogP contribution in [0.4, 0.5) is 0 Å². The van der Waals surface area contributed by atoms with Gasteiger partial charge in [0.05, 0.1) is 16.0 Å². The van der Waals surface area contributed by atoms with E-state index >= 15 is 0 Å². The van der Waals surface area contributed by atoms with E-state index in [-0.39, 0.29) is 10.7 Å². The zero-order valence-electron chi connectivity index (χ0n) is 8.81. The Balaban J connectivity index is 4.44. The second-order valence-corrected chi connectivity index (χ2v) is 5.66. The number of hydrogen-bond donors (Lipinski definition) is 2. The second kappa shape index (κ2) is 3.96. The van der Waals surface area contributed by atoms with Crippen molar-refractivity contribution < 1.29 is 9.90 Å². The minimum absolute atomic E-state index is 0.118. The van der Waals surface area contributed by atoms with Crippen LogP contribution in [0.1, 0.15) is 34.6 Å². The summed E-state index contributed by atoms with van der Waals surface area (Å²) >= 11 is 3.17. The zero-order chi connectivity index (χ0) is 10.9. The summed E-state index contributed by atoms with van der Waals surface area (Å²) in [5.41, 5.74) is -1.57. The normalized spacial score (nSPS) is 15.3. The van der Waals surface area contributed by atoms with E-state index in [2.05, 4.69) is 21.2 Å². The molecule has 0 aromatic carbocycles. The third kappa shape index (κ3) is 3.65. The van der Waals surface area contributed by atoms with Crippen LogP contribution >= 0.6 is 15.9 Å². The standard InChI is InChI=1S/C9H18BrNO2/c1-6(10)7(12)11-8(2,3)9(4,5)13/h6,13H,1-5H3,(H,11,12). The molecule has 0 heterocycles. The fourth-order valence-electron chi connectivity index (χ4n) is 0.560. The number of alkyl halides is 1. The first-order chi connectivity index (χ1) is 5.58. The van der Waals surface area contributed by atoms with E-state index in [1.165, 1.54) is 0 Å². The van der Waals surface area contributed by atoms with Crippen LogP contribution in [-0.4, -0.2) is 27.0 Å². The van der Waals surface area contributed by atoms with Gasteiger partial charge < -0.3 is 10.4 Å². The fourth-order valence-corrected chi connectivity index (χ4v) is 0.675. The predicted octanol–water partition coefficient (Wildman–Crippen LogP) is 1.44. The Kier molecular flexibility index (Phi) is 3.94. The lowest BCUT2D eigenvalue weighted by Gasteiger charge is -2.38. The number of halogens is 1. The smallest absolute Gasteiger partial charge is 0.234 e. The summed E-state index contributed by atoms with van der Waals surface area (Å²) < 4.78 is 0. The first-order valence-electron chi connectivity index (χ1n) is 4.26. The summed E-state index contributed by atoms with van der Waals surface area (Å²) in [6.45, 7) is 8.68. The van der Waals surface area contributed by atoms with Gasteiger partial charge in [-0.05, 0) is 34.6 Å². The highest BCUT2D eigenvalue weighted by Gasteiger charge is 2.36. The minimum atomic E-state index is -0.940. The molecule has 13 heavy (non-hydrogen) atoms. The SMILES string of the molecule is CC(Br)C(=O)NC(C)(C)C(C)(C)O. The molecule has 0 rings (SSSR count). The van der Waals surface area contributed by atoms with Gasteiger partial charge in [0.1, 0.15) is 0 Å². The Bertz CT molecular complexity index is 194. The number of rotatable bonds is 3. The van der Waals surface area contributed by atoms with Crippen molar-refractivity contribution >= 4 is 21.8 Å². The number of hydrogen-bond acceptors (Lipinski definition) is 2. The highest BCUT2D eigenvalue weighted by atomic mass is 79.9. The molecule has 0 spiro atoms. The Labute approximate surface area is 88.0 Å². The summed E-state index contributed by atoms with van der Waals surface area (Å²) in [6.07, 6.45) is 0. The van der Waals surface area contributed by atoms with Gasteiger partial charge in [-0.2, -0.15) is 0 Å². The highest BCUT2D eigenvalue weighted by Crippen LogP contribution is 2.20. The van der Waals surface area contributed by atoms with Gasteiger partial charge in [-0.3, -0.25) is 4.79 Å². The number of aliphatic hydroxyl groups is 1. The van der Waals surface area contributed by atoms with Crippen LogP contribution in [0, 0.1) is 0 Å². The maximum absolute atomic E-state index is 11.3. The van der Waals surface area contributed by atoms with Crippen LogP contribution in [0.2, 0.25) is 0 Å². The van der Waals surface area contributed by atoms with Crippen molar-refractivity contribution in [2.24, 2.45) is 0 Å². The van der Waals surface area contributed by atoms with E-state index in [0.717, 1.165) is 0 Å². The van der Waals surface area contributed by atoms with E-state index < -0.39 is 11.1 Å². The summed E-state index contributed by atoms with van der Waals surface area (Å²) in [4.78, 5) is 11.1. The molecule has 0 aliphatic rings. The van der Waals surface area contributed by atoms with Gasteiger partial charge in [-0.15, -0.1) is 0 Å². The molecule has 1 atom stereocenters. The van der Waals surface area contributed by atoms with Crippen molar-refractivity contribution in [2.75, 3.05) is 0 Å². The molecule has 0 radical (unpaired) electrons. The summed E-state index contributed by atoms with van der Waals surface area (Å²) in [5, 5.41) is 12.5. The Hall–Kier alpha value is -0.0900. The third-order valence-corrected chi connectivity index (χ3v) is 2.74. The van der Waals surface area contributed by atoms with E-state index in [4.69, 9.17) is 0 Å². The lowest BCUT2D eigenvalue weighted by atomic mass is 9.86. The number of nitrogens with one attached hydrogen (secondary N) is 1. The quantitative estimate of drug-likeness (QED) is 0.746. The van der Waals surface area contributed by atoms with Gasteiger partial charge >= 0.3 is 0 Å². The molecule has 1 unspecified atom stereocenters. The molecule has 3 nitrogen and oxygen atoms in total. The first-order valence-corrected chi connectivity index (χ1v) is 5.18. The molecule has 0 saturated carbocycles. The Morgan fingerprint density at radius 1 is 1.38 bits per heavy atom. The molecule has 0 aromatic rings. The Morgan fingerprint density at radius 3 is 2.00 bits per heavy atom. The first kappa shape index (κ1) is 12.9. The molecule has 4 heteroatoms. The van der Waals surface area contributed by atoms with E-state index in [1.807, 2.05) is 0 Å². The summed E-state index contributed by atoms with van der Waals surface area (Å²) in [7, 11) is 0. The Morgan fingerprint density at radius 2 is 1.77 bits per heavy atom. The predicted molar refractivity (Wildman–Crippen MR) is 56.9 cm³/mol. The van der Waals surface area contributed by atoms with Gasteiger partial charge in [0.15, 0.2) is 0 Å². The van der Waals surface area contributed by atoms with Crippen LogP contribution < -0.4 is 5.32 Å². The minimum Gasteiger partial charge on any atom is -0.388 e. The van der Waals surface area contributed by atoms with Crippen LogP contribution in [0.15, 0.2) is 0 Å². The fraction of sp³-hybridized carbons (Fsp3) is 0.889. The summed E-state index contributed by atoms with van der Waals surface area (Å²) in [6, 6.07) is 0. The van der Waals surface area contributed by atoms with Crippen LogP contribution in [0.5, 0.6) is 0 Å². The number of carbonyl (C=O) groups is 1. The maximum Gasteiger partial charge on any atom is 0.234 e. The van der Waals surface area contributed by atoms with Crippen LogP contribution in [0.3, 0.4) is 0 Å². The van der Waals surface area contributed by atoms with Gasteiger partial charge in [0.2, 0.25) is 5.91 Å². The average Bonchev–Trinajstić information content (AvgIpc) is 1.83. The molecule has 0 aliphatic carbocycles. The van der Waals surface area contributed by atoms with Crippen molar-refractivity contribution in [3.63, 3.8) is 0 Å². The van der Waals surface area contributed by atoms with Crippen LogP contribution in [-0.2, 0) is 4.79 Å². The van der Waals surface area contributed by atoms with Gasteiger partial charge in [0, 0.05) is 0 Å². The lowest BCUT2D eigenvalue weighted by molar-refractivity contribution is -0.125. The lowest BCUT2D eigenvalue weighted by Crippen LogP contribution is -2.58. The van der Waals surface area contributed by atoms with Crippen molar-refractivity contribution in [2.45, 2.75) is 50.6 Å². The van der Waals surface area contributed by atoms with Gasteiger partial charge in [-0.25, -0.2) is 0 Å². The molecule has 78 valence electrons. The number of amides is 1. The molecule has 0 aliphatic heterocycles.